The van der Waals surface area contributed by atoms with Crippen LogP contribution in [0.2, 0.25) is 0 Å². The first kappa shape index (κ1) is 24.7. The van der Waals surface area contributed by atoms with Crippen molar-refractivity contribution in [3.8, 4) is 11.5 Å². The van der Waals surface area contributed by atoms with Crippen LogP contribution < -0.4 is 14.4 Å². The zero-order valence-corrected chi connectivity index (χ0v) is 22.0. The highest BCUT2D eigenvalue weighted by molar-refractivity contribution is 7.22. The summed E-state index contributed by atoms with van der Waals surface area (Å²) in [4.78, 5) is 38.2. The quantitative estimate of drug-likeness (QED) is 0.228. The number of ketones is 1. The molecule has 1 atom stereocenters. The van der Waals surface area contributed by atoms with Gasteiger partial charge >= 0.3 is 0 Å². The molecule has 1 aliphatic heterocycles. The highest BCUT2D eigenvalue weighted by atomic mass is 32.1. The van der Waals surface area contributed by atoms with E-state index in [1.54, 1.807) is 63.4 Å². The maximum Gasteiger partial charge on any atom is 0.296 e. The molecule has 10 heteroatoms. The number of fused-ring (bicyclic) bond motifs is 1. The normalized spacial score (nSPS) is 15.5. The molecule has 2 aromatic carbocycles. The van der Waals surface area contributed by atoms with Crippen LogP contribution in [0.4, 0.5) is 5.13 Å². The Balaban J connectivity index is 1.70. The summed E-state index contributed by atoms with van der Waals surface area (Å²) < 4.78 is 12.0. The molecule has 1 unspecified atom stereocenters. The number of anilines is 1. The molecule has 37 heavy (non-hydrogen) atoms. The number of carbonyl (C=O) groups is 2. The van der Waals surface area contributed by atoms with Crippen molar-refractivity contribution in [3.63, 3.8) is 0 Å². The van der Waals surface area contributed by atoms with Crippen molar-refractivity contribution < 1.29 is 24.2 Å². The van der Waals surface area contributed by atoms with Gasteiger partial charge in [0, 0.05) is 5.56 Å². The third-order valence-electron chi connectivity index (χ3n) is 5.92. The number of aliphatic hydroxyl groups excluding tert-OH is 1. The van der Waals surface area contributed by atoms with Crippen LogP contribution in [0.25, 0.3) is 10.2 Å². The van der Waals surface area contributed by atoms with Crippen molar-refractivity contribution >= 4 is 49.7 Å². The predicted octanol–water partition coefficient (Wildman–Crippen LogP) is 5.73. The molecule has 1 N–H and O–H groups in total. The van der Waals surface area contributed by atoms with Crippen LogP contribution in [0.1, 0.15) is 32.0 Å². The van der Waals surface area contributed by atoms with Gasteiger partial charge in [-0.2, -0.15) is 0 Å². The molecule has 0 spiro atoms. The molecule has 1 aliphatic rings. The summed E-state index contributed by atoms with van der Waals surface area (Å²) in [6.07, 6.45) is 1.61. The third-order valence-corrected chi connectivity index (χ3v) is 8.01. The van der Waals surface area contributed by atoms with E-state index >= 15 is 0 Å². The van der Waals surface area contributed by atoms with E-state index in [4.69, 9.17) is 9.47 Å². The highest BCUT2D eigenvalue weighted by Crippen LogP contribution is 2.47. The summed E-state index contributed by atoms with van der Waals surface area (Å²) in [5.74, 6) is -0.663. The first-order chi connectivity index (χ1) is 17.8. The number of aliphatic hydroxyl groups is 1. The summed E-state index contributed by atoms with van der Waals surface area (Å²) in [6, 6.07) is 11.6. The van der Waals surface area contributed by atoms with Crippen molar-refractivity contribution in [2.24, 2.45) is 0 Å². The number of hydrogen-bond acceptors (Lipinski definition) is 9. The van der Waals surface area contributed by atoms with Crippen molar-refractivity contribution in [2.45, 2.75) is 19.9 Å². The smallest absolute Gasteiger partial charge is 0.296 e. The molecule has 8 nitrogen and oxygen atoms in total. The molecule has 0 fully saturated rings. The van der Waals surface area contributed by atoms with E-state index in [2.05, 4.69) is 16.5 Å². The van der Waals surface area contributed by atoms with Crippen LogP contribution >= 0.6 is 22.7 Å². The van der Waals surface area contributed by atoms with E-state index in [9.17, 15) is 14.7 Å². The van der Waals surface area contributed by atoms with Crippen LogP contribution in [0, 0.1) is 13.8 Å². The van der Waals surface area contributed by atoms with Gasteiger partial charge in [-0.3, -0.25) is 14.5 Å². The van der Waals surface area contributed by atoms with Crippen molar-refractivity contribution in [1.29, 1.82) is 0 Å². The molecule has 0 saturated carbocycles. The van der Waals surface area contributed by atoms with Gasteiger partial charge in [0.25, 0.3) is 5.91 Å². The Bertz CT molecular complexity index is 1590. The fourth-order valence-corrected chi connectivity index (χ4v) is 6.20. The number of carbonyl (C=O) groups excluding carboxylic acids is 2. The SMILES string of the molecule is C=CCOc1ccccc1C1C(C(=O)c2sc(C)nc2C)=C(O)C(=O)N1c1nc2ccc(OC)cc2s1. The van der Waals surface area contributed by atoms with Crippen LogP contribution in [0.5, 0.6) is 11.5 Å². The minimum absolute atomic E-state index is 0.0387. The molecular formula is C27H23N3O5S2. The summed E-state index contributed by atoms with van der Waals surface area (Å²) in [5.41, 5.74) is 1.71. The van der Waals surface area contributed by atoms with Gasteiger partial charge in [-0.25, -0.2) is 9.97 Å². The number of rotatable bonds is 8. The van der Waals surface area contributed by atoms with E-state index in [-0.39, 0.29) is 12.2 Å². The number of aromatic nitrogens is 2. The molecule has 2 aromatic heterocycles. The number of ether oxygens (including phenoxy) is 2. The standard InChI is InChI=1S/C27H23N3O5S2/c1-5-12-35-19-9-7-6-8-17(19)22-21(23(31)25-14(2)28-15(3)36-25)24(32)26(33)30(22)27-29-18-11-10-16(34-4)13-20(18)37-27/h5-11,13,22,32H,1,12H2,2-4H3. The first-order valence-corrected chi connectivity index (χ1v) is 13.0. The van der Waals surface area contributed by atoms with Crippen molar-refractivity contribution in [1.82, 2.24) is 9.97 Å². The lowest BCUT2D eigenvalue weighted by molar-refractivity contribution is -0.117. The number of amides is 1. The Hall–Kier alpha value is -4.02. The predicted molar refractivity (Wildman–Crippen MR) is 144 cm³/mol. The summed E-state index contributed by atoms with van der Waals surface area (Å²) in [6.45, 7) is 7.47. The molecule has 0 radical (unpaired) electrons. The topological polar surface area (TPSA) is 102 Å². The number of nitrogens with zero attached hydrogens (tertiary/aromatic N) is 3. The Labute approximate surface area is 221 Å². The maximum absolute atomic E-state index is 13.9. The van der Waals surface area contributed by atoms with Gasteiger partial charge in [0.15, 0.2) is 10.9 Å². The van der Waals surface area contributed by atoms with E-state index in [0.717, 1.165) is 4.70 Å². The Morgan fingerprint density at radius 2 is 1.97 bits per heavy atom. The number of para-hydroxylation sites is 1. The lowest BCUT2D eigenvalue weighted by Crippen LogP contribution is -2.31. The average Bonchev–Trinajstić information content (AvgIpc) is 3.54. The second-order valence-corrected chi connectivity index (χ2v) is 10.5. The van der Waals surface area contributed by atoms with Crippen LogP contribution in [-0.4, -0.2) is 40.5 Å². The second-order valence-electron chi connectivity index (χ2n) is 8.28. The fourth-order valence-electron chi connectivity index (χ4n) is 4.30. The minimum Gasteiger partial charge on any atom is -0.503 e. The molecule has 0 saturated heterocycles. The van der Waals surface area contributed by atoms with Gasteiger partial charge in [0.1, 0.15) is 24.1 Å². The molecule has 5 rings (SSSR count). The van der Waals surface area contributed by atoms with Crippen LogP contribution in [0.15, 0.2) is 66.5 Å². The average molecular weight is 534 g/mol. The van der Waals surface area contributed by atoms with Crippen LogP contribution in [-0.2, 0) is 4.79 Å². The number of aryl methyl sites for hydroxylation is 2. The minimum atomic E-state index is -0.967. The molecule has 1 amide bonds. The van der Waals surface area contributed by atoms with Gasteiger partial charge in [-0.05, 0) is 38.1 Å². The zero-order chi connectivity index (χ0) is 26.3. The van der Waals surface area contributed by atoms with Crippen molar-refractivity contribution in [2.75, 3.05) is 18.6 Å². The van der Waals surface area contributed by atoms with Crippen molar-refractivity contribution in [3.05, 3.63) is 87.6 Å². The Morgan fingerprint density at radius 3 is 2.68 bits per heavy atom. The van der Waals surface area contributed by atoms with Gasteiger partial charge in [0.05, 0.1) is 38.5 Å². The lowest BCUT2D eigenvalue weighted by Gasteiger charge is -2.26. The second kappa shape index (κ2) is 9.79. The van der Waals surface area contributed by atoms with E-state index in [0.29, 0.717) is 43.3 Å². The van der Waals surface area contributed by atoms with E-state index < -0.39 is 23.5 Å². The van der Waals surface area contributed by atoms with Gasteiger partial charge in [0.2, 0.25) is 5.78 Å². The largest absolute Gasteiger partial charge is 0.503 e. The molecule has 0 bridgehead atoms. The molecule has 188 valence electrons. The fraction of sp³-hybridized carbons (Fsp3) is 0.185. The van der Waals surface area contributed by atoms with Crippen LogP contribution in [0.3, 0.4) is 0 Å². The first-order valence-electron chi connectivity index (χ1n) is 11.4. The Morgan fingerprint density at radius 1 is 1.19 bits per heavy atom. The number of benzene rings is 2. The van der Waals surface area contributed by atoms with E-state index in [1.807, 2.05) is 6.07 Å². The number of hydrogen-bond donors (Lipinski definition) is 1. The number of Topliss-reactive ketones (excluding diaryl/α,β-unsaturated/α-hetero) is 1. The molecule has 4 aromatic rings. The lowest BCUT2D eigenvalue weighted by atomic mass is 9.94. The van der Waals surface area contributed by atoms with Gasteiger partial charge < -0.3 is 14.6 Å². The Kier molecular flexibility index (Phi) is 6.53. The number of thiazole rings is 2. The summed E-state index contributed by atoms with van der Waals surface area (Å²) >= 11 is 2.49. The third kappa shape index (κ3) is 4.28. The van der Waals surface area contributed by atoms with E-state index in [1.165, 1.54) is 27.6 Å². The van der Waals surface area contributed by atoms with Gasteiger partial charge in [-0.1, -0.05) is 42.2 Å². The maximum atomic E-state index is 13.9. The monoisotopic (exact) mass is 533 g/mol. The molecule has 3 heterocycles. The summed E-state index contributed by atoms with van der Waals surface area (Å²) in [7, 11) is 1.58. The van der Waals surface area contributed by atoms with Gasteiger partial charge in [-0.15, -0.1) is 11.3 Å². The number of methoxy groups -OCH3 is 1. The molecular weight excluding hydrogens is 510 g/mol. The zero-order valence-electron chi connectivity index (χ0n) is 20.3. The highest BCUT2D eigenvalue weighted by Gasteiger charge is 2.47. The summed E-state index contributed by atoms with van der Waals surface area (Å²) in [5, 5.41) is 12.2. The molecule has 0 aliphatic carbocycles.